The molecule has 24 heavy (non-hydrogen) atoms. The number of carbonyl (C=O) groups excluding carboxylic acids is 1. The first-order chi connectivity index (χ1) is 11.7. The monoisotopic (exact) mass is 321 g/mol. The standard InChI is InChI=1S/C20H23N3O/c1-14-21-11-17(12-22-14)20(24)16-9-18-7-8-19(10-16)23(18)13-15-5-3-2-4-6-15/h2-6,11-12,16,18-19H,7-10,13H2,1H3. The van der Waals surface area contributed by atoms with Crippen molar-refractivity contribution in [1.82, 2.24) is 14.9 Å². The van der Waals surface area contributed by atoms with Gasteiger partial charge in [0.1, 0.15) is 5.82 Å². The summed E-state index contributed by atoms with van der Waals surface area (Å²) < 4.78 is 0. The number of carbonyl (C=O) groups is 1. The van der Waals surface area contributed by atoms with E-state index in [4.69, 9.17) is 0 Å². The quantitative estimate of drug-likeness (QED) is 0.810. The van der Waals surface area contributed by atoms with Gasteiger partial charge in [0.15, 0.2) is 5.78 Å². The Morgan fingerprint density at radius 3 is 2.33 bits per heavy atom. The van der Waals surface area contributed by atoms with Crippen molar-refractivity contribution in [3.05, 3.63) is 59.7 Å². The van der Waals surface area contributed by atoms with E-state index in [1.165, 1.54) is 18.4 Å². The zero-order chi connectivity index (χ0) is 16.5. The summed E-state index contributed by atoms with van der Waals surface area (Å²) in [7, 11) is 0. The highest BCUT2D eigenvalue weighted by atomic mass is 16.1. The number of hydrogen-bond acceptors (Lipinski definition) is 4. The average molecular weight is 321 g/mol. The molecule has 2 aliphatic rings. The second-order valence-corrected chi connectivity index (χ2v) is 7.09. The molecule has 2 aromatic rings. The largest absolute Gasteiger partial charge is 0.294 e. The minimum absolute atomic E-state index is 0.126. The maximum Gasteiger partial charge on any atom is 0.169 e. The SMILES string of the molecule is Cc1ncc(C(=O)C2CC3CCC(C2)N3Cc2ccccc2)cn1. The summed E-state index contributed by atoms with van der Waals surface area (Å²) in [6.45, 7) is 2.85. The van der Waals surface area contributed by atoms with E-state index in [1.54, 1.807) is 12.4 Å². The van der Waals surface area contributed by atoms with Gasteiger partial charge in [0.25, 0.3) is 0 Å². The van der Waals surface area contributed by atoms with Crippen molar-refractivity contribution in [3.8, 4) is 0 Å². The minimum atomic E-state index is 0.126. The third kappa shape index (κ3) is 2.98. The van der Waals surface area contributed by atoms with Gasteiger partial charge in [-0.05, 0) is 38.2 Å². The van der Waals surface area contributed by atoms with Crippen molar-refractivity contribution < 1.29 is 4.79 Å². The fourth-order valence-electron chi connectivity index (χ4n) is 4.30. The van der Waals surface area contributed by atoms with Gasteiger partial charge in [0.05, 0.1) is 5.56 Å². The molecule has 2 unspecified atom stereocenters. The van der Waals surface area contributed by atoms with Crippen molar-refractivity contribution in [1.29, 1.82) is 0 Å². The average Bonchev–Trinajstić information content (AvgIpc) is 2.84. The first kappa shape index (κ1) is 15.5. The number of Topliss-reactive ketones (excluding diaryl/α,β-unsaturated/α-hetero) is 1. The predicted octanol–water partition coefficient (Wildman–Crippen LogP) is 3.41. The topological polar surface area (TPSA) is 46.1 Å². The first-order valence-corrected chi connectivity index (χ1v) is 8.83. The van der Waals surface area contributed by atoms with Gasteiger partial charge >= 0.3 is 0 Å². The van der Waals surface area contributed by atoms with Gasteiger partial charge in [-0.25, -0.2) is 9.97 Å². The summed E-state index contributed by atoms with van der Waals surface area (Å²) in [4.78, 5) is 23.8. The molecule has 0 spiro atoms. The number of aryl methyl sites for hydroxylation is 1. The number of rotatable bonds is 4. The van der Waals surface area contributed by atoms with Crippen molar-refractivity contribution in [2.24, 2.45) is 5.92 Å². The smallest absolute Gasteiger partial charge is 0.169 e. The van der Waals surface area contributed by atoms with Crippen LogP contribution in [0.4, 0.5) is 0 Å². The Kier molecular flexibility index (Phi) is 4.15. The van der Waals surface area contributed by atoms with Crippen LogP contribution in [0.2, 0.25) is 0 Å². The highest BCUT2D eigenvalue weighted by molar-refractivity contribution is 5.97. The van der Waals surface area contributed by atoms with Crippen molar-refractivity contribution in [2.75, 3.05) is 0 Å². The molecular formula is C20H23N3O. The van der Waals surface area contributed by atoms with Crippen molar-refractivity contribution in [2.45, 2.75) is 51.2 Å². The van der Waals surface area contributed by atoms with Crippen LogP contribution in [0.3, 0.4) is 0 Å². The maximum absolute atomic E-state index is 12.8. The highest BCUT2D eigenvalue weighted by Crippen LogP contribution is 2.40. The molecule has 1 aromatic heterocycles. The van der Waals surface area contributed by atoms with E-state index in [1.807, 2.05) is 6.92 Å². The summed E-state index contributed by atoms with van der Waals surface area (Å²) in [6.07, 6.45) is 7.73. The fourth-order valence-corrected chi connectivity index (χ4v) is 4.30. The second-order valence-electron chi connectivity index (χ2n) is 7.09. The van der Waals surface area contributed by atoms with Gasteiger partial charge in [0.2, 0.25) is 0 Å². The number of aromatic nitrogens is 2. The Balaban J connectivity index is 1.46. The van der Waals surface area contributed by atoms with E-state index in [0.29, 0.717) is 23.5 Å². The molecular weight excluding hydrogens is 298 g/mol. The van der Waals surface area contributed by atoms with Crippen LogP contribution in [0.15, 0.2) is 42.7 Å². The molecule has 1 aromatic carbocycles. The fraction of sp³-hybridized carbons (Fsp3) is 0.450. The minimum Gasteiger partial charge on any atom is -0.294 e. The summed E-state index contributed by atoms with van der Waals surface area (Å²) in [5.74, 6) is 1.07. The third-order valence-electron chi connectivity index (χ3n) is 5.53. The lowest BCUT2D eigenvalue weighted by atomic mass is 9.85. The Labute approximate surface area is 142 Å². The molecule has 2 bridgehead atoms. The molecule has 0 saturated carbocycles. The third-order valence-corrected chi connectivity index (χ3v) is 5.53. The van der Waals surface area contributed by atoms with E-state index in [0.717, 1.165) is 19.4 Å². The molecule has 2 aliphatic heterocycles. The Hall–Kier alpha value is -2.07. The van der Waals surface area contributed by atoms with Crippen LogP contribution in [0.1, 0.15) is 47.4 Å². The number of benzene rings is 1. The summed E-state index contributed by atoms with van der Waals surface area (Å²) >= 11 is 0. The van der Waals surface area contributed by atoms with Gasteiger partial charge in [-0.1, -0.05) is 30.3 Å². The van der Waals surface area contributed by atoms with Gasteiger partial charge in [0, 0.05) is 36.9 Å². The number of piperidine rings is 1. The van der Waals surface area contributed by atoms with Crippen LogP contribution < -0.4 is 0 Å². The molecule has 0 amide bonds. The Morgan fingerprint density at radius 1 is 1.08 bits per heavy atom. The maximum atomic E-state index is 12.8. The van der Waals surface area contributed by atoms with E-state index in [2.05, 4.69) is 45.2 Å². The van der Waals surface area contributed by atoms with Crippen LogP contribution in [0.5, 0.6) is 0 Å². The summed E-state index contributed by atoms with van der Waals surface area (Å²) in [5, 5.41) is 0. The molecule has 2 saturated heterocycles. The molecule has 4 heteroatoms. The number of nitrogens with zero attached hydrogens (tertiary/aromatic N) is 3. The first-order valence-electron chi connectivity index (χ1n) is 8.83. The lowest BCUT2D eigenvalue weighted by molar-refractivity contribution is 0.0677. The molecule has 2 atom stereocenters. The number of ketones is 1. The Morgan fingerprint density at radius 2 is 1.71 bits per heavy atom. The molecule has 4 rings (SSSR count). The molecule has 3 heterocycles. The highest BCUT2D eigenvalue weighted by Gasteiger charge is 2.42. The van der Waals surface area contributed by atoms with Gasteiger partial charge < -0.3 is 0 Å². The zero-order valence-electron chi connectivity index (χ0n) is 14.1. The molecule has 0 radical (unpaired) electrons. The van der Waals surface area contributed by atoms with E-state index >= 15 is 0 Å². The lowest BCUT2D eigenvalue weighted by Crippen LogP contribution is -2.44. The van der Waals surface area contributed by atoms with Crippen LogP contribution >= 0.6 is 0 Å². The van der Waals surface area contributed by atoms with Gasteiger partial charge in [-0.15, -0.1) is 0 Å². The normalized spacial score (nSPS) is 26.5. The van der Waals surface area contributed by atoms with Crippen LogP contribution in [-0.2, 0) is 6.54 Å². The van der Waals surface area contributed by atoms with Crippen molar-refractivity contribution >= 4 is 5.78 Å². The van der Waals surface area contributed by atoms with Crippen LogP contribution in [0.25, 0.3) is 0 Å². The van der Waals surface area contributed by atoms with E-state index in [9.17, 15) is 4.79 Å². The van der Waals surface area contributed by atoms with E-state index in [-0.39, 0.29) is 11.7 Å². The lowest BCUT2D eigenvalue weighted by Gasteiger charge is -2.38. The number of hydrogen-bond donors (Lipinski definition) is 0. The summed E-state index contributed by atoms with van der Waals surface area (Å²) in [5.41, 5.74) is 2.03. The Bertz CT molecular complexity index is 699. The van der Waals surface area contributed by atoms with Crippen LogP contribution in [0, 0.1) is 12.8 Å². The van der Waals surface area contributed by atoms with Gasteiger partial charge in [-0.2, -0.15) is 0 Å². The molecule has 2 fully saturated rings. The number of fused-ring (bicyclic) bond motifs is 2. The van der Waals surface area contributed by atoms with Crippen molar-refractivity contribution in [3.63, 3.8) is 0 Å². The van der Waals surface area contributed by atoms with E-state index < -0.39 is 0 Å². The molecule has 0 N–H and O–H groups in total. The van der Waals surface area contributed by atoms with Crippen LogP contribution in [-0.4, -0.2) is 32.7 Å². The second kappa shape index (κ2) is 6.44. The molecule has 4 nitrogen and oxygen atoms in total. The zero-order valence-corrected chi connectivity index (χ0v) is 14.1. The predicted molar refractivity (Wildman–Crippen MR) is 92.6 cm³/mol. The summed E-state index contributed by atoms with van der Waals surface area (Å²) in [6, 6.07) is 11.7. The molecule has 124 valence electrons. The van der Waals surface area contributed by atoms with Gasteiger partial charge in [-0.3, -0.25) is 9.69 Å². The molecule has 0 aliphatic carbocycles.